The van der Waals surface area contributed by atoms with Crippen molar-refractivity contribution in [1.29, 1.82) is 0 Å². The number of nitrogens with zero attached hydrogens (tertiary/aromatic N) is 3. The van der Waals surface area contributed by atoms with Crippen LogP contribution in [-0.4, -0.2) is 36.6 Å². The van der Waals surface area contributed by atoms with E-state index in [1.807, 2.05) is 72.6 Å². The van der Waals surface area contributed by atoms with Gasteiger partial charge >= 0.3 is 0 Å². The molecule has 0 saturated carbocycles. The van der Waals surface area contributed by atoms with Crippen molar-refractivity contribution in [2.75, 3.05) is 25.6 Å². The summed E-state index contributed by atoms with van der Waals surface area (Å²) in [6.07, 6.45) is 5.84. The van der Waals surface area contributed by atoms with Crippen molar-refractivity contribution in [3.05, 3.63) is 12.3 Å². The maximum atomic E-state index is 5.71. The highest BCUT2D eigenvalue weighted by Gasteiger charge is 2.16. The highest BCUT2D eigenvalue weighted by Crippen LogP contribution is 2.17. The minimum absolute atomic E-state index is 0.345. The van der Waals surface area contributed by atoms with Crippen LogP contribution < -0.4 is 4.90 Å². The molecule has 1 unspecified atom stereocenters. The molecule has 1 aliphatic heterocycles. The third-order valence-corrected chi connectivity index (χ3v) is 2.80. The van der Waals surface area contributed by atoms with Crippen molar-refractivity contribution in [2.24, 2.45) is 0 Å². The maximum absolute atomic E-state index is 5.71. The first-order valence-corrected chi connectivity index (χ1v) is 8.58. The van der Waals surface area contributed by atoms with Crippen molar-refractivity contribution < 1.29 is 4.74 Å². The Bertz CT molecular complexity index is 305. The molecule has 0 aromatic carbocycles. The van der Waals surface area contributed by atoms with Gasteiger partial charge in [-0.3, -0.25) is 0 Å². The van der Waals surface area contributed by atoms with Crippen molar-refractivity contribution in [1.82, 2.24) is 9.78 Å². The lowest BCUT2D eigenvalue weighted by Gasteiger charge is -2.24. The lowest BCUT2D eigenvalue weighted by molar-refractivity contribution is 0.00426. The summed E-state index contributed by atoms with van der Waals surface area (Å²) >= 11 is 0. The minimum Gasteiger partial charge on any atom is -0.376 e. The molecule has 0 N–H and O–H groups in total. The average Bonchev–Trinajstić information content (AvgIpc) is 3.03. The Morgan fingerprint density at radius 1 is 1.14 bits per heavy atom. The summed E-state index contributed by atoms with van der Waals surface area (Å²) in [5.74, 6) is 1.14. The van der Waals surface area contributed by atoms with Crippen LogP contribution >= 0.6 is 0 Å². The molecular weight excluding hydrogens is 262 g/mol. The van der Waals surface area contributed by atoms with Gasteiger partial charge < -0.3 is 9.64 Å². The number of ether oxygens (including phenoxy) is 1. The fourth-order valence-electron chi connectivity index (χ4n) is 1.99. The zero-order valence-electron chi connectivity index (χ0n) is 15.5. The van der Waals surface area contributed by atoms with Crippen LogP contribution in [0.1, 0.15) is 60.8 Å². The van der Waals surface area contributed by atoms with Gasteiger partial charge in [-0.25, -0.2) is 4.68 Å². The molecule has 1 atom stereocenters. The van der Waals surface area contributed by atoms with E-state index in [1.54, 1.807) is 0 Å². The van der Waals surface area contributed by atoms with E-state index < -0.39 is 0 Å². The molecule has 4 nitrogen and oxygen atoms in total. The molecular formula is C17H37N3O. The summed E-state index contributed by atoms with van der Waals surface area (Å²) in [6.45, 7) is 13.8. The van der Waals surface area contributed by atoms with E-state index >= 15 is 0 Å². The van der Waals surface area contributed by atoms with Gasteiger partial charge in [0.25, 0.3) is 0 Å². The fraction of sp³-hybridized carbons (Fsp3) is 0.824. The predicted molar refractivity (Wildman–Crippen MR) is 94.2 cm³/mol. The smallest absolute Gasteiger partial charge is 0.126 e. The zero-order chi connectivity index (χ0) is 16.7. The second kappa shape index (κ2) is 15.4. The molecule has 0 bridgehead atoms. The summed E-state index contributed by atoms with van der Waals surface area (Å²) in [5.41, 5.74) is 0. The minimum atomic E-state index is 0.345. The van der Waals surface area contributed by atoms with Gasteiger partial charge in [0.05, 0.1) is 18.8 Å². The normalized spacial score (nSPS) is 16.3. The Balaban J connectivity index is 0. The SMILES string of the molecule is CC.CC.CC.CN(C)c1ccnn1CC1CCCCO1. The van der Waals surface area contributed by atoms with Gasteiger partial charge in [-0.2, -0.15) is 5.10 Å². The molecule has 1 aliphatic rings. The predicted octanol–water partition coefficient (Wildman–Crippen LogP) is 4.60. The number of anilines is 1. The molecule has 0 spiro atoms. The van der Waals surface area contributed by atoms with E-state index in [4.69, 9.17) is 4.74 Å². The van der Waals surface area contributed by atoms with Gasteiger partial charge in [-0.1, -0.05) is 41.5 Å². The molecule has 1 aromatic rings. The van der Waals surface area contributed by atoms with E-state index in [-0.39, 0.29) is 0 Å². The van der Waals surface area contributed by atoms with Gasteiger partial charge in [0.2, 0.25) is 0 Å². The average molecular weight is 300 g/mol. The van der Waals surface area contributed by atoms with Gasteiger partial charge in [0, 0.05) is 26.8 Å². The van der Waals surface area contributed by atoms with Crippen LogP contribution in [0.5, 0.6) is 0 Å². The van der Waals surface area contributed by atoms with Crippen LogP contribution in [0.3, 0.4) is 0 Å². The maximum Gasteiger partial charge on any atom is 0.126 e. The topological polar surface area (TPSA) is 30.3 Å². The van der Waals surface area contributed by atoms with E-state index in [2.05, 4.69) is 10.00 Å². The molecule has 0 radical (unpaired) electrons. The molecule has 0 aliphatic carbocycles. The van der Waals surface area contributed by atoms with Crippen LogP contribution in [0.15, 0.2) is 12.3 Å². The first-order valence-electron chi connectivity index (χ1n) is 8.58. The highest BCUT2D eigenvalue weighted by atomic mass is 16.5. The third-order valence-electron chi connectivity index (χ3n) is 2.80. The van der Waals surface area contributed by atoms with Gasteiger partial charge in [-0.15, -0.1) is 0 Å². The van der Waals surface area contributed by atoms with Crippen LogP contribution in [-0.2, 0) is 11.3 Å². The van der Waals surface area contributed by atoms with Crippen LogP contribution in [0, 0.1) is 0 Å². The van der Waals surface area contributed by atoms with Gasteiger partial charge in [0.15, 0.2) is 0 Å². The number of aromatic nitrogens is 2. The summed E-state index contributed by atoms with van der Waals surface area (Å²) < 4.78 is 7.73. The van der Waals surface area contributed by atoms with E-state index in [0.717, 1.165) is 25.4 Å². The van der Waals surface area contributed by atoms with Crippen molar-refractivity contribution in [3.63, 3.8) is 0 Å². The first-order chi connectivity index (χ1) is 10.3. The Morgan fingerprint density at radius 3 is 2.24 bits per heavy atom. The number of hydrogen-bond acceptors (Lipinski definition) is 3. The summed E-state index contributed by atoms with van der Waals surface area (Å²) in [5, 5.41) is 4.33. The molecule has 0 amide bonds. The Morgan fingerprint density at radius 2 is 1.76 bits per heavy atom. The number of rotatable bonds is 3. The Labute approximate surface area is 132 Å². The summed E-state index contributed by atoms with van der Waals surface area (Å²) in [4.78, 5) is 2.08. The first kappa shape index (κ1) is 22.3. The molecule has 1 fully saturated rings. The van der Waals surface area contributed by atoms with E-state index in [0.29, 0.717) is 6.10 Å². The largest absolute Gasteiger partial charge is 0.376 e. The quantitative estimate of drug-likeness (QED) is 0.817. The van der Waals surface area contributed by atoms with E-state index in [1.165, 1.54) is 12.8 Å². The molecule has 2 rings (SSSR count). The molecule has 2 heterocycles. The Hall–Kier alpha value is -1.03. The molecule has 21 heavy (non-hydrogen) atoms. The molecule has 126 valence electrons. The Kier molecular flexibility index (Phi) is 16.3. The lowest BCUT2D eigenvalue weighted by Crippen LogP contribution is -2.26. The molecule has 1 aromatic heterocycles. The van der Waals surface area contributed by atoms with Gasteiger partial charge in [0.1, 0.15) is 5.82 Å². The van der Waals surface area contributed by atoms with E-state index in [9.17, 15) is 0 Å². The number of hydrogen-bond donors (Lipinski definition) is 0. The fourth-order valence-corrected chi connectivity index (χ4v) is 1.99. The highest BCUT2D eigenvalue weighted by molar-refractivity contribution is 5.35. The second-order valence-corrected chi connectivity index (χ2v) is 4.25. The standard InChI is InChI=1S/C11H19N3O.3C2H6/c1-13(2)11-6-7-12-14(11)9-10-5-3-4-8-15-10;3*1-2/h6-7,10H,3-5,8-9H2,1-2H3;3*1-2H3. The van der Waals surface area contributed by atoms with Crippen molar-refractivity contribution in [3.8, 4) is 0 Å². The summed E-state index contributed by atoms with van der Waals surface area (Å²) in [7, 11) is 4.07. The lowest BCUT2D eigenvalue weighted by atomic mass is 10.1. The van der Waals surface area contributed by atoms with Gasteiger partial charge in [-0.05, 0) is 19.3 Å². The molecule has 4 heteroatoms. The third kappa shape index (κ3) is 8.76. The van der Waals surface area contributed by atoms with Crippen molar-refractivity contribution in [2.45, 2.75) is 73.5 Å². The van der Waals surface area contributed by atoms with Crippen LogP contribution in [0.2, 0.25) is 0 Å². The van der Waals surface area contributed by atoms with Crippen LogP contribution in [0.4, 0.5) is 5.82 Å². The van der Waals surface area contributed by atoms with Crippen molar-refractivity contribution >= 4 is 5.82 Å². The second-order valence-electron chi connectivity index (χ2n) is 4.25. The monoisotopic (exact) mass is 299 g/mol. The summed E-state index contributed by atoms with van der Waals surface area (Å²) in [6, 6.07) is 2.03. The zero-order valence-corrected chi connectivity index (χ0v) is 15.5. The molecule has 1 saturated heterocycles. The van der Waals surface area contributed by atoms with Crippen LogP contribution in [0.25, 0.3) is 0 Å².